The fourth-order valence-corrected chi connectivity index (χ4v) is 8.03. The van der Waals surface area contributed by atoms with E-state index in [-0.39, 0.29) is 24.0 Å². The zero-order valence-corrected chi connectivity index (χ0v) is 31.2. The van der Waals surface area contributed by atoms with Crippen molar-refractivity contribution in [3.8, 4) is 0 Å². The van der Waals surface area contributed by atoms with Crippen molar-refractivity contribution in [3.63, 3.8) is 0 Å². The minimum atomic E-state index is -0.494. The molecule has 1 aliphatic rings. The van der Waals surface area contributed by atoms with E-state index in [0.29, 0.717) is 34.8 Å². The van der Waals surface area contributed by atoms with Crippen LogP contribution in [0.1, 0.15) is 54.8 Å². The molecule has 9 nitrogen and oxygen atoms in total. The van der Waals surface area contributed by atoms with E-state index in [2.05, 4.69) is 33.0 Å². The summed E-state index contributed by atoms with van der Waals surface area (Å²) < 4.78 is 5.41. The van der Waals surface area contributed by atoms with Crippen molar-refractivity contribution in [1.82, 2.24) is 10.2 Å². The first-order valence-corrected chi connectivity index (χ1v) is 19.1. The van der Waals surface area contributed by atoms with Gasteiger partial charge in [0.2, 0.25) is 5.91 Å². The number of ether oxygens (including phenoxy) is 1. The predicted molar refractivity (Wildman–Crippen MR) is 212 cm³/mol. The van der Waals surface area contributed by atoms with Crippen molar-refractivity contribution in [2.75, 3.05) is 29.5 Å². The van der Waals surface area contributed by atoms with Crippen molar-refractivity contribution in [1.29, 1.82) is 0 Å². The van der Waals surface area contributed by atoms with Crippen LogP contribution in [0.3, 0.4) is 0 Å². The molecule has 0 fully saturated rings. The second-order valence-corrected chi connectivity index (χ2v) is 14.6. The Morgan fingerprint density at radius 2 is 1.64 bits per heavy atom. The van der Waals surface area contributed by atoms with Crippen LogP contribution in [0.2, 0.25) is 0 Å². The largest absolute Gasteiger partial charge is 0.462 e. The number of hydrogen-bond acceptors (Lipinski definition) is 8. The number of amides is 3. The van der Waals surface area contributed by atoms with Crippen molar-refractivity contribution < 1.29 is 23.9 Å². The molecule has 11 heteroatoms. The summed E-state index contributed by atoms with van der Waals surface area (Å²) in [5.74, 6) is -1.51. The van der Waals surface area contributed by atoms with Gasteiger partial charge in [0.15, 0.2) is 0 Å². The van der Waals surface area contributed by atoms with E-state index in [1.165, 1.54) is 28.7 Å². The Hall–Kier alpha value is -5.49. The lowest BCUT2D eigenvalue weighted by Crippen LogP contribution is -2.30. The predicted octanol–water partition coefficient (Wildman–Crippen LogP) is 7.93. The van der Waals surface area contributed by atoms with Crippen LogP contribution in [0.5, 0.6) is 0 Å². The minimum Gasteiger partial charge on any atom is -0.462 e. The van der Waals surface area contributed by atoms with E-state index in [1.54, 1.807) is 55.5 Å². The molecule has 0 aliphatic carbocycles. The molecule has 270 valence electrons. The molecule has 5 aromatic rings. The lowest BCUT2D eigenvalue weighted by molar-refractivity contribution is -0.114. The third-order valence-electron chi connectivity index (χ3n) is 8.46. The third kappa shape index (κ3) is 10.1. The SMILES string of the molecule is CCOC(=O)c1c(NC(=O)CSc2cccc(NC(=O)/C(=C\c3cccc(C)c3)NC(=O)c3ccccc3)c2)sc2c1CCN(Cc1ccccc1)C2. The standard InChI is InChI=1S/C42H40N4O5S2/c1-3-51-42(50)38-34-20-21-46(25-29-13-6-4-7-14-29)26-36(34)53-41(38)45-37(47)27-52-33-19-11-18-32(24-33)43-40(49)35(23-30-15-10-12-28(2)22-30)44-39(48)31-16-8-5-9-17-31/h4-19,22-24H,3,20-21,25-27H2,1-2H3,(H,43,49)(H,44,48)(H,45,47)/b35-23+. The second-order valence-electron chi connectivity index (χ2n) is 12.5. The van der Waals surface area contributed by atoms with Crippen LogP contribution >= 0.6 is 23.1 Å². The van der Waals surface area contributed by atoms with Gasteiger partial charge in [-0.15, -0.1) is 23.1 Å². The summed E-state index contributed by atoms with van der Waals surface area (Å²) >= 11 is 2.73. The molecule has 1 aromatic heterocycles. The summed E-state index contributed by atoms with van der Waals surface area (Å²) in [5.41, 5.74) is 5.41. The van der Waals surface area contributed by atoms with Gasteiger partial charge < -0.3 is 20.7 Å². The molecule has 3 amide bonds. The molecule has 4 aromatic carbocycles. The molecule has 0 saturated carbocycles. The van der Waals surface area contributed by atoms with Crippen LogP contribution in [0, 0.1) is 6.92 Å². The third-order valence-corrected chi connectivity index (χ3v) is 10.6. The monoisotopic (exact) mass is 744 g/mol. The highest BCUT2D eigenvalue weighted by atomic mass is 32.2. The highest BCUT2D eigenvalue weighted by Crippen LogP contribution is 2.38. The maximum absolute atomic E-state index is 13.6. The second kappa shape index (κ2) is 17.8. The molecule has 0 unspecified atom stereocenters. The molecule has 0 radical (unpaired) electrons. The van der Waals surface area contributed by atoms with E-state index >= 15 is 0 Å². The molecule has 0 bridgehead atoms. The highest BCUT2D eigenvalue weighted by molar-refractivity contribution is 8.00. The quantitative estimate of drug-likeness (QED) is 0.0637. The van der Waals surface area contributed by atoms with Crippen molar-refractivity contribution in [2.45, 2.75) is 38.3 Å². The normalized spacial score (nSPS) is 12.8. The van der Waals surface area contributed by atoms with Gasteiger partial charge in [0.05, 0.1) is 17.9 Å². The number of fused-ring (bicyclic) bond motifs is 1. The first kappa shape index (κ1) is 37.3. The molecule has 3 N–H and O–H groups in total. The number of thiophene rings is 1. The van der Waals surface area contributed by atoms with E-state index < -0.39 is 17.8 Å². The number of thioether (sulfide) groups is 1. The fourth-order valence-electron chi connectivity index (χ4n) is 5.98. The number of benzene rings is 4. The Balaban J connectivity index is 1.12. The number of nitrogens with zero attached hydrogens (tertiary/aromatic N) is 1. The zero-order valence-electron chi connectivity index (χ0n) is 29.5. The number of carbonyl (C=O) groups excluding carboxylic acids is 4. The average Bonchev–Trinajstić information content (AvgIpc) is 3.51. The summed E-state index contributed by atoms with van der Waals surface area (Å²) in [6.07, 6.45) is 2.33. The van der Waals surface area contributed by atoms with Crippen LogP contribution in [-0.4, -0.2) is 47.5 Å². The Labute approximate surface area is 317 Å². The summed E-state index contributed by atoms with van der Waals surface area (Å²) in [6, 6.07) is 33.8. The maximum atomic E-state index is 13.6. The molecule has 0 saturated heterocycles. The smallest absolute Gasteiger partial charge is 0.341 e. The first-order valence-electron chi connectivity index (χ1n) is 17.3. The number of anilines is 2. The fraction of sp³-hybridized carbons (Fsp3) is 0.190. The molecule has 2 heterocycles. The van der Waals surface area contributed by atoms with Crippen LogP contribution in [-0.2, 0) is 33.8 Å². The molecule has 6 rings (SSSR count). The molecular formula is C42H40N4O5S2. The summed E-state index contributed by atoms with van der Waals surface area (Å²) in [4.78, 5) is 57.2. The number of rotatable bonds is 13. The van der Waals surface area contributed by atoms with Crippen molar-refractivity contribution in [3.05, 3.63) is 153 Å². The Morgan fingerprint density at radius 3 is 2.40 bits per heavy atom. The van der Waals surface area contributed by atoms with Gasteiger partial charge in [-0.25, -0.2) is 4.79 Å². The maximum Gasteiger partial charge on any atom is 0.341 e. The van der Waals surface area contributed by atoms with Crippen LogP contribution in [0.4, 0.5) is 10.7 Å². The van der Waals surface area contributed by atoms with Crippen molar-refractivity contribution >= 4 is 63.6 Å². The van der Waals surface area contributed by atoms with Gasteiger partial charge in [-0.05, 0) is 73.4 Å². The molecular weight excluding hydrogens is 705 g/mol. The van der Waals surface area contributed by atoms with Gasteiger partial charge >= 0.3 is 5.97 Å². The number of hydrogen-bond donors (Lipinski definition) is 3. The topological polar surface area (TPSA) is 117 Å². The van der Waals surface area contributed by atoms with Gasteiger partial charge in [0.1, 0.15) is 10.7 Å². The summed E-state index contributed by atoms with van der Waals surface area (Å²) in [6.45, 7) is 6.24. The average molecular weight is 745 g/mol. The molecule has 1 aliphatic heterocycles. The van der Waals surface area contributed by atoms with Gasteiger partial charge in [0, 0.05) is 40.7 Å². The summed E-state index contributed by atoms with van der Waals surface area (Å²) in [5, 5.41) is 9.15. The Kier molecular flexibility index (Phi) is 12.5. The van der Waals surface area contributed by atoms with Crippen molar-refractivity contribution in [2.24, 2.45) is 0 Å². The molecule has 53 heavy (non-hydrogen) atoms. The van der Waals surface area contributed by atoms with Crippen LogP contribution in [0.25, 0.3) is 6.08 Å². The van der Waals surface area contributed by atoms with Crippen LogP contribution < -0.4 is 16.0 Å². The lowest BCUT2D eigenvalue weighted by Gasteiger charge is -2.27. The molecule has 0 spiro atoms. The number of carbonyl (C=O) groups is 4. The Morgan fingerprint density at radius 1 is 0.887 bits per heavy atom. The van der Waals surface area contributed by atoms with Crippen LogP contribution in [0.15, 0.2) is 120 Å². The van der Waals surface area contributed by atoms with Gasteiger partial charge in [-0.3, -0.25) is 19.3 Å². The van der Waals surface area contributed by atoms with E-state index in [4.69, 9.17) is 4.74 Å². The highest BCUT2D eigenvalue weighted by Gasteiger charge is 2.29. The summed E-state index contributed by atoms with van der Waals surface area (Å²) in [7, 11) is 0. The Bertz CT molecular complexity index is 2130. The zero-order chi connectivity index (χ0) is 37.2. The van der Waals surface area contributed by atoms with Gasteiger partial charge in [-0.2, -0.15) is 0 Å². The van der Waals surface area contributed by atoms with Gasteiger partial charge in [-0.1, -0.05) is 84.4 Å². The van der Waals surface area contributed by atoms with E-state index in [1.807, 2.05) is 61.5 Å². The number of aryl methyl sites for hydroxylation is 1. The lowest BCUT2D eigenvalue weighted by atomic mass is 10.0. The number of nitrogens with one attached hydrogen (secondary N) is 3. The molecule has 0 atom stereocenters. The first-order chi connectivity index (χ1) is 25.7. The van der Waals surface area contributed by atoms with Gasteiger partial charge in [0.25, 0.3) is 11.8 Å². The van der Waals surface area contributed by atoms with E-state index in [0.717, 1.165) is 39.6 Å². The number of esters is 1. The minimum absolute atomic E-state index is 0.0774. The van der Waals surface area contributed by atoms with E-state index in [9.17, 15) is 19.2 Å².